The maximum absolute atomic E-state index is 14.1. The monoisotopic (exact) mass is 411 g/mol. The van der Waals surface area contributed by atoms with Crippen molar-refractivity contribution in [1.29, 1.82) is 0 Å². The first-order valence-electron chi connectivity index (χ1n) is 9.38. The fourth-order valence-corrected chi connectivity index (χ4v) is 4.19. The lowest BCUT2D eigenvalue weighted by Gasteiger charge is -2.29. The van der Waals surface area contributed by atoms with Gasteiger partial charge in [-0.3, -0.25) is 9.48 Å². The Balaban J connectivity index is 1.60. The van der Waals surface area contributed by atoms with E-state index in [2.05, 4.69) is 27.2 Å². The molecule has 0 bridgehead atoms. The van der Waals surface area contributed by atoms with Crippen LogP contribution in [0.5, 0.6) is 0 Å². The van der Waals surface area contributed by atoms with Gasteiger partial charge in [-0.1, -0.05) is 17.7 Å². The second-order valence-electron chi connectivity index (χ2n) is 7.17. The number of nitrogens with zero attached hydrogens (tertiary/aromatic N) is 4. The Hall–Kier alpha value is -3.00. The Morgan fingerprint density at radius 3 is 2.86 bits per heavy atom. The number of hydrogen-bond donors (Lipinski definition) is 1. The summed E-state index contributed by atoms with van der Waals surface area (Å²) in [5.74, 6) is -0.884. The molecular weight excluding hydrogens is 389 g/mol. The Morgan fingerprint density at radius 2 is 2.14 bits per heavy atom. The number of benzene rings is 1. The SMILES string of the molecule is CC1=C(c2cc(C(=O)Nc3c(C)cccc3F)nn2C)CN(c2nccs2)CC1. The molecule has 150 valence electrons. The van der Waals surface area contributed by atoms with Crippen molar-refractivity contribution < 1.29 is 9.18 Å². The zero-order valence-corrected chi connectivity index (χ0v) is 17.4. The molecule has 1 aliphatic heterocycles. The molecule has 0 saturated heterocycles. The third kappa shape index (κ3) is 3.80. The molecule has 3 heterocycles. The average Bonchev–Trinajstić information content (AvgIpc) is 3.35. The predicted octanol–water partition coefficient (Wildman–Crippen LogP) is 4.26. The summed E-state index contributed by atoms with van der Waals surface area (Å²) in [5, 5.41) is 10.00. The number of anilines is 2. The zero-order valence-electron chi connectivity index (χ0n) is 16.6. The van der Waals surface area contributed by atoms with Gasteiger partial charge in [0.15, 0.2) is 10.8 Å². The van der Waals surface area contributed by atoms with Gasteiger partial charge in [-0.2, -0.15) is 5.10 Å². The minimum absolute atomic E-state index is 0.188. The smallest absolute Gasteiger partial charge is 0.276 e. The molecule has 2 aromatic heterocycles. The van der Waals surface area contributed by atoms with Crippen LogP contribution in [0.15, 0.2) is 41.4 Å². The van der Waals surface area contributed by atoms with Gasteiger partial charge in [-0.05, 0) is 43.5 Å². The third-order valence-corrected chi connectivity index (χ3v) is 6.03. The van der Waals surface area contributed by atoms with Crippen molar-refractivity contribution in [3.8, 4) is 0 Å². The van der Waals surface area contributed by atoms with Gasteiger partial charge in [-0.15, -0.1) is 11.3 Å². The summed E-state index contributed by atoms with van der Waals surface area (Å²) in [7, 11) is 1.82. The molecule has 29 heavy (non-hydrogen) atoms. The number of para-hydroxylation sites is 1. The van der Waals surface area contributed by atoms with Crippen LogP contribution in [0, 0.1) is 12.7 Å². The molecule has 0 saturated carbocycles. The molecule has 3 aromatic rings. The van der Waals surface area contributed by atoms with E-state index in [9.17, 15) is 9.18 Å². The number of carbonyl (C=O) groups excluding carboxylic acids is 1. The molecular formula is C21H22FN5OS. The molecule has 8 heteroatoms. The van der Waals surface area contributed by atoms with E-state index in [1.165, 1.54) is 11.6 Å². The summed E-state index contributed by atoms with van der Waals surface area (Å²) in [5.41, 5.74) is 4.42. The molecule has 0 aliphatic carbocycles. The largest absolute Gasteiger partial charge is 0.343 e. The van der Waals surface area contributed by atoms with Gasteiger partial charge < -0.3 is 10.2 Å². The van der Waals surface area contributed by atoms with Gasteiger partial charge in [0.2, 0.25) is 0 Å². The number of nitrogens with one attached hydrogen (secondary N) is 1. The summed E-state index contributed by atoms with van der Waals surface area (Å²) in [6.07, 6.45) is 2.73. The van der Waals surface area contributed by atoms with Crippen LogP contribution in [0.4, 0.5) is 15.2 Å². The molecule has 0 atom stereocenters. The lowest BCUT2D eigenvalue weighted by molar-refractivity contribution is 0.102. The Bertz CT molecular complexity index is 1070. The Kier molecular flexibility index (Phi) is 5.19. The van der Waals surface area contributed by atoms with Crippen LogP contribution in [-0.2, 0) is 7.05 Å². The van der Waals surface area contributed by atoms with Gasteiger partial charge in [-0.25, -0.2) is 9.37 Å². The van der Waals surface area contributed by atoms with Crippen molar-refractivity contribution in [2.75, 3.05) is 23.3 Å². The predicted molar refractivity (Wildman–Crippen MR) is 114 cm³/mol. The number of thiazole rings is 1. The van der Waals surface area contributed by atoms with Crippen molar-refractivity contribution in [2.45, 2.75) is 20.3 Å². The highest BCUT2D eigenvalue weighted by Crippen LogP contribution is 2.31. The first kappa shape index (κ1) is 19.3. The minimum atomic E-state index is -0.459. The molecule has 1 aliphatic rings. The summed E-state index contributed by atoms with van der Waals surface area (Å²) in [4.78, 5) is 19.4. The maximum Gasteiger partial charge on any atom is 0.276 e. The van der Waals surface area contributed by atoms with Gasteiger partial charge >= 0.3 is 0 Å². The normalized spacial score (nSPS) is 14.4. The van der Waals surface area contributed by atoms with Gasteiger partial charge in [0.05, 0.1) is 11.4 Å². The fourth-order valence-electron chi connectivity index (χ4n) is 3.52. The van der Waals surface area contributed by atoms with Crippen LogP contribution in [-0.4, -0.2) is 33.8 Å². The van der Waals surface area contributed by atoms with E-state index in [1.54, 1.807) is 41.1 Å². The second kappa shape index (κ2) is 7.79. The number of aromatic nitrogens is 3. The first-order valence-corrected chi connectivity index (χ1v) is 10.3. The third-order valence-electron chi connectivity index (χ3n) is 5.19. The number of carbonyl (C=O) groups is 1. The summed E-state index contributed by atoms with van der Waals surface area (Å²) >= 11 is 1.62. The van der Waals surface area contributed by atoms with Crippen LogP contribution >= 0.6 is 11.3 Å². The van der Waals surface area contributed by atoms with E-state index in [1.807, 2.05) is 18.6 Å². The molecule has 0 radical (unpaired) electrons. The van der Waals surface area contributed by atoms with Gasteiger partial charge in [0.25, 0.3) is 5.91 Å². The number of amides is 1. The summed E-state index contributed by atoms with van der Waals surface area (Å²) < 4.78 is 15.8. The van der Waals surface area contributed by atoms with Crippen LogP contribution in [0.3, 0.4) is 0 Å². The molecule has 4 rings (SSSR count). The number of hydrogen-bond acceptors (Lipinski definition) is 5. The van der Waals surface area contributed by atoms with E-state index < -0.39 is 11.7 Å². The summed E-state index contributed by atoms with van der Waals surface area (Å²) in [6.45, 7) is 5.50. The highest BCUT2D eigenvalue weighted by molar-refractivity contribution is 7.13. The van der Waals surface area contributed by atoms with Crippen molar-refractivity contribution in [2.24, 2.45) is 7.05 Å². The number of aryl methyl sites for hydroxylation is 2. The van der Waals surface area contributed by atoms with Crippen molar-refractivity contribution in [1.82, 2.24) is 14.8 Å². The van der Waals surface area contributed by atoms with Crippen LogP contribution in [0.25, 0.3) is 5.57 Å². The molecule has 0 spiro atoms. The molecule has 0 unspecified atom stereocenters. The lowest BCUT2D eigenvalue weighted by Crippen LogP contribution is -2.31. The number of halogens is 1. The molecule has 0 fully saturated rings. The van der Waals surface area contributed by atoms with Crippen molar-refractivity contribution >= 4 is 33.6 Å². The summed E-state index contributed by atoms with van der Waals surface area (Å²) in [6, 6.07) is 6.48. The van der Waals surface area contributed by atoms with Crippen molar-refractivity contribution in [3.05, 3.63) is 64.2 Å². The average molecular weight is 412 g/mol. The number of rotatable bonds is 4. The lowest BCUT2D eigenvalue weighted by atomic mass is 9.99. The topological polar surface area (TPSA) is 63.1 Å². The Morgan fingerprint density at radius 1 is 1.31 bits per heavy atom. The van der Waals surface area contributed by atoms with Crippen molar-refractivity contribution in [3.63, 3.8) is 0 Å². The quantitative estimate of drug-likeness (QED) is 0.697. The minimum Gasteiger partial charge on any atom is -0.343 e. The maximum atomic E-state index is 14.1. The second-order valence-corrected chi connectivity index (χ2v) is 8.04. The molecule has 1 amide bonds. The highest BCUT2D eigenvalue weighted by atomic mass is 32.1. The molecule has 1 aromatic carbocycles. The zero-order chi connectivity index (χ0) is 20.5. The van der Waals surface area contributed by atoms with E-state index in [0.29, 0.717) is 12.1 Å². The first-order chi connectivity index (χ1) is 13.9. The van der Waals surface area contributed by atoms with Crippen LogP contribution in [0.2, 0.25) is 0 Å². The van der Waals surface area contributed by atoms with Gasteiger partial charge in [0, 0.05) is 31.7 Å². The fraction of sp³-hybridized carbons (Fsp3) is 0.286. The van der Waals surface area contributed by atoms with Gasteiger partial charge in [0.1, 0.15) is 5.82 Å². The van der Waals surface area contributed by atoms with E-state index in [0.717, 1.165) is 29.4 Å². The van der Waals surface area contributed by atoms with E-state index >= 15 is 0 Å². The highest BCUT2D eigenvalue weighted by Gasteiger charge is 2.24. The van der Waals surface area contributed by atoms with E-state index in [4.69, 9.17) is 0 Å². The van der Waals surface area contributed by atoms with E-state index in [-0.39, 0.29) is 11.4 Å². The molecule has 6 nitrogen and oxygen atoms in total. The molecule has 1 N–H and O–H groups in total. The van der Waals surface area contributed by atoms with Crippen LogP contribution in [0.1, 0.15) is 35.1 Å². The van der Waals surface area contributed by atoms with Crippen LogP contribution < -0.4 is 10.2 Å². The Labute approximate surface area is 172 Å². The standard InChI is InChI=1S/C21H22FN5OS/c1-13-7-9-27(21-23-8-10-29-21)12-15(13)18-11-17(25-26(18)3)20(28)24-19-14(2)5-4-6-16(19)22/h4-6,8,10-11H,7,9,12H2,1-3H3,(H,24,28).